The molecule has 2 atom stereocenters. The zero-order valence-electron chi connectivity index (χ0n) is 16.2. The van der Waals surface area contributed by atoms with Gasteiger partial charge < -0.3 is 15.0 Å². The molecule has 0 aliphatic carbocycles. The van der Waals surface area contributed by atoms with Crippen molar-refractivity contribution in [3.63, 3.8) is 0 Å². The van der Waals surface area contributed by atoms with Gasteiger partial charge in [0.1, 0.15) is 5.75 Å². The van der Waals surface area contributed by atoms with Gasteiger partial charge in [0.2, 0.25) is 0 Å². The third-order valence-corrected chi connectivity index (χ3v) is 5.47. The van der Waals surface area contributed by atoms with Crippen LogP contribution in [-0.2, 0) is 4.79 Å². The van der Waals surface area contributed by atoms with Crippen molar-refractivity contribution in [1.82, 2.24) is 0 Å². The summed E-state index contributed by atoms with van der Waals surface area (Å²) >= 11 is 6.14. The molecule has 29 heavy (non-hydrogen) atoms. The maximum absolute atomic E-state index is 13.1. The fraction of sp³-hybridized carbons (Fsp3) is 0.208. The molecule has 4 nitrogen and oxygen atoms in total. The van der Waals surface area contributed by atoms with Crippen molar-refractivity contribution >= 4 is 28.9 Å². The smallest absolute Gasteiger partial charge is 0.265 e. The number of ether oxygens (including phenoxy) is 1. The average Bonchev–Trinajstić information content (AvgIpc) is 2.74. The molecule has 1 aliphatic heterocycles. The SMILES string of the molecule is C[C@H]1C[C@H](Nc2ccccc2)c2ccccc2N1C(=O)COc1ccccc1Cl. The highest BCUT2D eigenvalue weighted by molar-refractivity contribution is 6.32. The summed E-state index contributed by atoms with van der Waals surface area (Å²) in [6.45, 7) is 2.02. The van der Waals surface area contributed by atoms with E-state index >= 15 is 0 Å². The van der Waals surface area contributed by atoms with Crippen LogP contribution in [-0.4, -0.2) is 18.6 Å². The molecule has 0 saturated heterocycles. The molecule has 3 aromatic rings. The Kier molecular flexibility index (Phi) is 5.72. The van der Waals surface area contributed by atoms with Crippen molar-refractivity contribution in [3.05, 3.63) is 89.4 Å². The van der Waals surface area contributed by atoms with Crippen LogP contribution in [0.2, 0.25) is 5.02 Å². The van der Waals surface area contributed by atoms with Crippen LogP contribution in [0.5, 0.6) is 5.75 Å². The zero-order valence-corrected chi connectivity index (χ0v) is 17.0. The molecule has 0 bridgehead atoms. The van der Waals surface area contributed by atoms with Crippen molar-refractivity contribution in [2.24, 2.45) is 0 Å². The predicted molar refractivity (Wildman–Crippen MR) is 118 cm³/mol. The van der Waals surface area contributed by atoms with E-state index in [1.807, 2.05) is 53.4 Å². The van der Waals surface area contributed by atoms with Crippen LogP contribution in [0, 0.1) is 0 Å². The van der Waals surface area contributed by atoms with Gasteiger partial charge >= 0.3 is 0 Å². The molecule has 0 radical (unpaired) electrons. The number of fused-ring (bicyclic) bond motifs is 1. The Morgan fingerprint density at radius 3 is 2.52 bits per heavy atom. The van der Waals surface area contributed by atoms with Gasteiger partial charge in [-0.05, 0) is 49.2 Å². The summed E-state index contributed by atoms with van der Waals surface area (Å²) in [6.07, 6.45) is 0.809. The van der Waals surface area contributed by atoms with Crippen LogP contribution in [0.3, 0.4) is 0 Å². The van der Waals surface area contributed by atoms with E-state index in [9.17, 15) is 4.79 Å². The first-order chi connectivity index (χ1) is 14.1. The third kappa shape index (κ3) is 4.22. The molecule has 0 spiro atoms. The van der Waals surface area contributed by atoms with Crippen molar-refractivity contribution in [2.45, 2.75) is 25.4 Å². The first kappa shape index (κ1) is 19.3. The number of carbonyl (C=O) groups is 1. The quantitative estimate of drug-likeness (QED) is 0.591. The van der Waals surface area contributed by atoms with Gasteiger partial charge in [0, 0.05) is 17.4 Å². The standard InChI is InChI=1S/C24H23ClN2O2/c1-17-15-21(26-18-9-3-2-4-10-18)19-11-5-7-13-22(19)27(17)24(28)16-29-23-14-8-6-12-20(23)25/h2-14,17,21,26H,15-16H2,1H3/t17-,21-/m0/s1. The Bertz CT molecular complexity index is 993. The fourth-order valence-corrected chi connectivity index (χ4v) is 4.03. The van der Waals surface area contributed by atoms with Crippen molar-refractivity contribution in [2.75, 3.05) is 16.8 Å². The molecular formula is C24H23ClN2O2. The van der Waals surface area contributed by atoms with E-state index < -0.39 is 0 Å². The number of carbonyl (C=O) groups excluding carboxylic acids is 1. The molecule has 148 valence electrons. The summed E-state index contributed by atoms with van der Waals surface area (Å²) in [6, 6.07) is 25.6. The van der Waals surface area contributed by atoms with E-state index in [0.29, 0.717) is 10.8 Å². The molecule has 0 unspecified atom stereocenters. The minimum atomic E-state index is -0.0805. The molecule has 3 aromatic carbocycles. The lowest BCUT2D eigenvalue weighted by Crippen LogP contribution is -2.46. The van der Waals surface area contributed by atoms with E-state index in [4.69, 9.17) is 16.3 Å². The molecule has 0 aromatic heterocycles. The van der Waals surface area contributed by atoms with E-state index in [-0.39, 0.29) is 24.6 Å². The van der Waals surface area contributed by atoms with Crippen LogP contribution >= 0.6 is 11.6 Å². The highest BCUT2D eigenvalue weighted by Gasteiger charge is 2.33. The lowest BCUT2D eigenvalue weighted by atomic mass is 9.91. The fourth-order valence-electron chi connectivity index (χ4n) is 3.84. The summed E-state index contributed by atoms with van der Waals surface area (Å²) < 4.78 is 5.70. The van der Waals surface area contributed by atoms with Crippen molar-refractivity contribution < 1.29 is 9.53 Å². The summed E-state index contributed by atoms with van der Waals surface area (Å²) in [7, 11) is 0. The highest BCUT2D eigenvalue weighted by atomic mass is 35.5. The molecule has 1 aliphatic rings. The number of amides is 1. The van der Waals surface area contributed by atoms with Crippen LogP contribution in [0.25, 0.3) is 0 Å². The minimum absolute atomic E-state index is 0.0356. The Hall–Kier alpha value is -2.98. The van der Waals surface area contributed by atoms with Gasteiger partial charge in [0.05, 0.1) is 11.1 Å². The minimum Gasteiger partial charge on any atom is -0.482 e. The van der Waals surface area contributed by atoms with Gasteiger partial charge in [-0.3, -0.25) is 4.79 Å². The second kappa shape index (κ2) is 8.58. The van der Waals surface area contributed by atoms with Gasteiger partial charge in [-0.15, -0.1) is 0 Å². The second-order valence-electron chi connectivity index (χ2n) is 7.19. The summed E-state index contributed by atoms with van der Waals surface area (Å²) in [5.41, 5.74) is 3.11. The second-order valence-corrected chi connectivity index (χ2v) is 7.60. The molecule has 4 rings (SSSR count). The average molecular weight is 407 g/mol. The van der Waals surface area contributed by atoms with E-state index in [2.05, 4.69) is 30.4 Å². The Balaban J connectivity index is 1.55. The van der Waals surface area contributed by atoms with E-state index in [1.54, 1.807) is 12.1 Å². The zero-order chi connectivity index (χ0) is 20.2. The van der Waals surface area contributed by atoms with Gasteiger partial charge in [0.15, 0.2) is 6.61 Å². The largest absolute Gasteiger partial charge is 0.482 e. The molecule has 5 heteroatoms. The lowest BCUT2D eigenvalue weighted by molar-refractivity contribution is -0.121. The number of anilines is 2. The number of halogens is 1. The topological polar surface area (TPSA) is 41.6 Å². The highest BCUT2D eigenvalue weighted by Crippen LogP contribution is 2.39. The maximum Gasteiger partial charge on any atom is 0.265 e. The lowest BCUT2D eigenvalue weighted by Gasteiger charge is -2.40. The van der Waals surface area contributed by atoms with Crippen LogP contribution in [0.15, 0.2) is 78.9 Å². The maximum atomic E-state index is 13.1. The Labute approximate surface area is 176 Å². The van der Waals surface area contributed by atoms with Crippen LogP contribution < -0.4 is 15.0 Å². The van der Waals surface area contributed by atoms with Crippen LogP contribution in [0.4, 0.5) is 11.4 Å². The normalized spacial score (nSPS) is 18.1. The number of hydrogen-bond donors (Lipinski definition) is 1. The van der Waals surface area contributed by atoms with Crippen molar-refractivity contribution in [3.8, 4) is 5.75 Å². The number of hydrogen-bond acceptors (Lipinski definition) is 3. The molecular weight excluding hydrogens is 384 g/mol. The molecule has 1 N–H and O–H groups in total. The molecule has 1 heterocycles. The number of rotatable bonds is 5. The number of benzene rings is 3. The predicted octanol–water partition coefficient (Wildman–Crippen LogP) is 5.70. The van der Waals surface area contributed by atoms with E-state index in [1.165, 1.54) is 0 Å². The number of nitrogens with one attached hydrogen (secondary N) is 1. The van der Waals surface area contributed by atoms with Crippen LogP contribution in [0.1, 0.15) is 24.9 Å². The summed E-state index contributed by atoms with van der Waals surface area (Å²) in [5.74, 6) is 0.437. The van der Waals surface area contributed by atoms with Gasteiger partial charge in [-0.1, -0.05) is 60.1 Å². The Morgan fingerprint density at radius 1 is 1.03 bits per heavy atom. The summed E-state index contributed by atoms with van der Waals surface area (Å²) in [4.78, 5) is 14.9. The van der Waals surface area contributed by atoms with E-state index in [0.717, 1.165) is 23.4 Å². The first-order valence-corrected chi connectivity index (χ1v) is 10.1. The Morgan fingerprint density at radius 2 is 1.72 bits per heavy atom. The van der Waals surface area contributed by atoms with Gasteiger partial charge in [0.25, 0.3) is 5.91 Å². The molecule has 1 amide bonds. The third-order valence-electron chi connectivity index (χ3n) is 5.16. The first-order valence-electron chi connectivity index (χ1n) is 9.73. The monoisotopic (exact) mass is 406 g/mol. The molecule has 0 saturated carbocycles. The summed E-state index contributed by atoms with van der Waals surface area (Å²) in [5, 5.41) is 4.11. The number of para-hydroxylation sites is 3. The molecule has 0 fully saturated rings. The van der Waals surface area contributed by atoms with Gasteiger partial charge in [-0.25, -0.2) is 0 Å². The van der Waals surface area contributed by atoms with Crippen molar-refractivity contribution in [1.29, 1.82) is 0 Å². The number of nitrogens with zero attached hydrogens (tertiary/aromatic N) is 1. The van der Waals surface area contributed by atoms with Gasteiger partial charge in [-0.2, -0.15) is 0 Å².